The van der Waals surface area contributed by atoms with Crippen molar-refractivity contribution in [3.05, 3.63) is 48.8 Å². The molecule has 0 spiro atoms. The highest BCUT2D eigenvalue weighted by molar-refractivity contribution is 5.76. The van der Waals surface area contributed by atoms with Gasteiger partial charge in [0, 0.05) is 24.5 Å². The Morgan fingerprint density at radius 2 is 2.08 bits per heavy atom. The molecule has 25 heavy (non-hydrogen) atoms. The molecule has 8 nitrogen and oxygen atoms in total. The van der Waals surface area contributed by atoms with Gasteiger partial charge in [-0.1, -0.05) is 30.3 Å². The summed E-state index contributed by atoms with van der Waals surface area (Å²) in [5.74, 6) is 0.551. The van der Waals surface area contributed by atoms with E-state index in [-0.39, 0.29) is 18.5 Å². The van der Waals surface area contributed by atoms with Crippen molar-refractivity contribution in [1.29, 1.82) is 0 Å². The number of tetrazole rings is 1. The lowest BCUT2D eigenvalue weighted by atomic mass is 10.2. The van der Waals surface area contributed by atoms with Crippen LogP contribution < -0.4 is 0 Å². The number of hydrogen-bond donors (Lipinski definition) is 0. The summed E-state index contributed by atoms with van der Waals surface area (Å²) in [6, 6.07) is 11.7. The van der Waals surface area contributed by atoms with E-state index in [4.69, 9.17) is 0 Å². The normalized spacial score (nSPS) is 17.1. The highest BCUT2D eigenvalue weighted by Gasteiger charge is 2.29. The lowest BCUT2D eigenvalue weighted by molar-refractivity contribution is -0.133. The van der Waals surface area contributed by atoms with E-state index in [9.17, 15) is 4.79 Å². The average molecular weight is 337 g/mol. The van der Waals surface area contributed by atoms with Crippen molar-refractivity contribution < 1.29 is 4.79 Å². The van der Waals surface area contributed by atoms with Crippen LogP contribution in [0.5, 0.6) is 0 Å². The molecule has 128 valence electrons. The van der Waals surface area contributed by atoms with Gasteiger partial charge in [0.25, 0.3) is 0 Å². The summed E-state index contributed by atoms with van der Waals surface area (Å²) < 4.78 is 1.87. The van der Waals surface area contributed by atoms with E-state index >= 15 is 0 Å². The van der Waals surface area contributed by atoms with Crippen LogP contribution in [0, 0.1) is 0 Å². The fourth-order valence-corrected chi connectivity index (χ4v) is 3.20. The van der Waals surface area contributed by atoms with Crippen LogP contribution in [0.3, 0.4) is 0 Å². The van der Waals surface area contributed by atoms with Crippen molar-refractivity contribution in [3.8, 4) is 11.4 Å². The van der Waals surface area contributed by atoms with Crippen molar-refractivity contribution in [1.82, 2.24) is 34.9 Å². The molecule has 0 aliphatic carbocycles. The summed E-state index contributed by atoms with van der Waals surface area (Å²) in [5.41, 5.74) is 0.888. The number of rotatable bonds is 5. The van der Waals surface area contributed by atoms with E-state index in [1.807, 2.05) is 52.2 Å². The molecule has 3 heterocycles. The van der Waals surface area contributed by atoms with E-state index in [0.717, 1.165) is 31.5 Å². The number of benzene rings is 1. The molecule has 3 aromatic rings. The Kier molecular flexibility index (Phi) is 4.24. The summed E-state index contributed by atoms with van der Waals surface area (Å²) >= 11 is 0. The van der Waals surface area contributed by atoms with Crippen LogP contribution >= 0.6 is 0 Å². The molecule has 0 N–H and O–H groups in total. The predicted octanol–water partition coefficient (Wildman–Crippen LogP) is 1.23. The van der Waals surface area contributed by atoms with Gasteiger partial charge in [-0.05, 0) is 24.1 Å². The Balaban J connectivity index is 1.42. The monoisotopic (exact) mass is 337 g/mol. The molecule has 1 saturated heterocycles. The van der Waals surface area contributed by atoms with Crippen LogP contribution in [0.1, 0.15) is 12.8 Å². The summed E-state index contributed by atoms with van der Waals surface area (Å²) in [6.07, 6.45) is 5.68. The molecule has 1 aliphatic rings. The third kappa shape index (κ3) is 3.42. The number of carbonyl (C=O) groups excluding carboxylic acids is 1. The number of aromatic nitrogens is 6. The molecule has 1 atom stereocenters. The van der Waals surface area contributed by atoms with Crippen molar-refractivity contribution in [2.24, 2.45) is 0 Å². The summed E-state index contributed by atoms with van der Waals surface area (Å²) in [4.78, 5) is 15.9. The van der Waals surface area contributed by atoms with Crippen LogP contribution in [0.4, 0.5) is 0 Å². The second-order valence-corrected chi connectivity index (χ2v) is 6.12. The van der Waals surface area contributed by atoms with Gasteiger partial charge in [0.2, 0.25) is 11.7 Å². The second kappa shape index (κ2) is 6.84. The number of hydrogen-bond acceptors (Lipinski definition) is 5. The zero-order valence-electron chi connectivity index (χ0n) is 13.8. The van der Waals surface area contributed by atoms with Gasteiger partial charge in [-0.2, -0.15) is 9.90 Å². The first kappa shape index (κ1) is 15.5. The maximum atomic E-state index is 12.7. The first-order valence-electron chi connectivity index (χ1n) is 8.40. The van der Waals surface area contributed by atoms with Gasteiger partial charge < -0.3 is 4.90 Å². The van der Waals surface area contributed by atoms with Crippen LogP contribution in [-0.4, -0.2) is 53.4 Å². The van der Waals surface area contributed by atoms with Crippen molar-refractivity contribution in [3.63, 3.8) is 0 Å². The lowest BCUT2D eigenvalue weighted by Crippen LogP contribution is -2.40. The van der Waals surface area contributed by atoms with Crippen molar-refractivity contribution >= 4 is 5.91 Å². The van der Waals surface area contributed by atoms with E-state index in [1.54, 1.807) is 6.20 Å². The fourth-order valence-electron chi connectivity index (χ4n) is 3.20. The molecular weight excluding hydrogens is 318 g/mol. The Morgan fingerprint density at radius 1 is 1.20 bits per heavy atom. The lowest BCUT2D eigenvalue weighted by Gasteiger charge is -2.24. The zero-order chi connectivity index (χ0) is 17.1. The summed E-state index contributed by atoms with van der Waals surface area (Å²) in [6.45, 7) is 1.60. The van der Waals surface area contributed by atoms with Gasteiger partial charge in [0.15, 0.2) is 0 Å². The second-order valence-electron chi connectivity index (χ2n) is 6.12. The Morgan fingerprint density at radius 3 is 2.88 bits per heavy atom. The molecule has 0 radical (unpaired) electrons. The molecule has 1 aromatic carbocycles. The van der Waals surface area contributed by atoms with Crippen molar-refractivity contribution in [2.45, 2.75) is 32.0 Å². The molecule has 0 saturated carbocycles. The van der Waals surface area contributed by atoms with Crippen molar-refractivity contribution in [2.75, 3.05) is 6.54 Å². The topological polar surface area (TPSA) is 81.7 Å². The maximum absolute atomic E-state index is 12.7. The van der Waals surface area contributed by atoms with E-state index in [1.165, 1.54) is 4.80 Å². The predicted molar refractivity (Wildman–Crippen MR) is 90.2 cm³/mol. The van der Waals surface area contributed by atoms with Crippen LogP contribution in [0.15, 0.2) is 48.8 Å². The molecule has 0 bridgehead atoms. The third-order valence-corrected chi connectivity index (χ3v) is 4.42. The average Bonchev–Trinajstić information content (AvgIpc) is 3.38. The molecule has 1 fully saturated rings. The van der Waals surface area contributed by atoms with Gasteiger partial charge in [0.1, 0.15) is 6.54 Å². The maximum Gasteiger partial charge on any atom is 0.246 e. The van der Waals surface area contributed by atoms with Crippen LogP contribution in [0.25, 0.3) is 11.4 Å². The number of amides is 1. The van der Waals surface area contributed by atoms with E-state index < -0.39 is 0 Å². The number of carbonyl (C=O) groups is 1. The quantitative estimate of drug-likeness (QED) is 0.699. The first-order valence-corrected chi connectivity index (χ1v) is 8.40. The number of nitrogens with zero attached hydrogens (tertiary/aromatic N) is 7. The minimum absolute atomic E-state index is 0.0201. The molecule has 1 aliphatic heterocycles. The summed E-state index contributed by atoms with van der Waals surface area (Å²) in [5, 5.41) is 16.6. The number of likely N-dealkylation sites (tertiary alicyclic amines) is 1. The third-order valence-electron chi connectivity index (χ3n) is 4.42. The Bertz CT molecular complexity index is 828. The standard InChI is InChI=1S/C17H19N7O/c25-16(23-11-4-8-15(23)12-22-10-5-9-18-22)13-24-20-17(19-21-24)14-6-2-1-3-7-14/h1-3,5-7,9-10,15H,4,8,11-13H2/t15-/m1/s1. The van der Waals surface area contributed by atoms with Crippen LogP contribution in [-0.2, 0) is 17.9 Å². The van der Waals surface area contributed by atoms with Gasteiger partial charge in [-0.15, -0.1) is 10.2 Å². The molecule has 4 rings (SSSR count). The van der Waals surface area contributed by atoms with E-state index in [0.29, 0.717) is 5.82 Å². The minimum Gasteiger partial charge on any atom is -0.336 e. The molecule has 1 amide bonds. The highest BCUT2D eigenvalue weighted by atomic mass is 16.2. The molecule has 2 aromatic heterocycles. The van der Waals surface area contributed by atoms with Crippen LogP contribution in [0.2, 0.25) is 0 Å². The smallest absolute Gasteiger partial charge is 0.246 e. The minimum atomic E-state index is 0.0201. The fraction of sp³-hybridized carbons (Fsp3) is 0.353. The largest absolute Gasteiger partial charge is 0.336 e. The summed E-state index contributed by atoms with van der Waals surface area (Å²) in [7, 11) is 0. The Labute approximate surface area is 145 Å². The molecule has 0 unspecified atom stereocenters. The van der Waals surface area contributed by atoms with Gasteiger partial charge in [-0.25, -0.2) is 0 Å². The molecular formula is C17H19N7O. The van der Waals surface area contributed by atoms with Gasteiger partial charge in [-0.3, -0.25) is 9.48 Å². The zero-order valence-corrected chi connectivity index (χ0v) is 13.8. The Hall–Kier alpha value is -3.03. The SMILES string of the molecule is O=C(Cn1nnc(-c2ccccc2)n1)N1CCC[C@@H]1Cn1cccn1. The molecule has 8 heteroatoms. The first-order chi connectivity index (χ1) is 12.3. The van der Waals surface area contributed by atoms with E-state index in [2.05, 4.69) is 20.5 Å². The van der Waals surface area contributed by atoms with Gasteiger partial charge >= 0.3 is 0 Å². The highest BCUT2D eigenvalue weighted by Crippen LogP contribution is 2.19. The van der Waals surface area contributed by atoms with Gasteiger partial charge in [0.05, 0.1) is 12.6 Å².